The van der Waals surface area contributed by atoms with Gasteiger partial charge in [-0.15, -0.1) is 0 Å². The zero-order valence-electron chi connectivity index (χ0n) is 11.0. The maximum absolute atomic E-state index is 11.7. The van der Waals surface area contributed by atoms with E-state index in [9.17, 15) is 9.90 Å². The molecule has 0 aliphatic heterocycles. The van der Waals surface area contributed by atoms with Crippen molar-refractivity contribution in [2.24, 2.45) is 0 Å². The molecule has 0 saturated carbocycles. The average Bonchev–Trinajstić information content (AvgIpc) is 2.37. The van der Waals surface area contributed by atoms with Gasteiger partial charge in [-0.25, -0.2) is 0 Å². The molecule has 0 saturated heterocycles. The predicted molar refractivity (Wildman–Crippen MR) is 70.2 cm³/mol. The van der Waals surface area contributed by atoms with Crippen molar-refractivity contribution in [3.05, 3.63) is 29.3 Å². The third-order valence-electron chi connectivity index (χ3n) is 2.64. The minimum absolute atomic E-state index is 0.0675. The van der Waals surface area contributed by atoms with Gasteiger partial charge in [0.2, 0.25) is 5.91 Å². The van der Waals surface area contributed by atoms with Crippen molar-refractivity contribution < 1.29 is 14.6 Å². The minimum Gasteiger partial charge on any atom is -0.392 e. The highest BCUT2D eigenvalue weighted by Crippen LogP contribution is 2.16. The first-order chi connectivity index (χ1) is 8.60. The summed E-state index contributed by atoms with van der Waals surface area (Å²) < 4.78 is 5.05. The number of carbonyl (C=O) groups excluding carboxylic acids is 1. The van der Waals surface area contributed by atoms with Crippen LogP contribution >= 0.6 is 0 Å². The van der Waals surface area contributed by atoms with Gasteiger partial charge in [-0.2, -0.15) is 0 Å². The highest BCUT2D eigenvalue weighted by Gasteiger charge is 2.11. The summed E-state index contributed by atoms with van der Waals surface area (Å²) in [4.78, 5) is 11.7. The van der Waals surface area contributed by atoms with Gasteiger partial charge < -0.3 is 20.5 Å². The molecule has 0 aromatic heterocycles. The molecule has 0 spiro atoms. The molecule has 0 radical (unpaired) electrons. The normalized spacial score (nSPS) is 12.2. The van der Waals surface area contributed by atoms with Crippen LogP contribution < -0.4 is 10.6 Å². The van der Waals surface area contributed by atoms with E-state index < -0.39 is 0 Å². The lowest BCUT2D eigenvalue weighted by atomic mass is 10.1. The smallest absolute Gasteiger partial charge is 0.241 e. The Morgan fingerprint density at radius 3 is 2.61 bits per heavy atom. The topological polar surface area (TPSA) is 70.6 Å². The lowest BCUT2D eigenvalue weighted by molar-refractivity contribution is -0.117. The Labute approximate surface area is 107 Å². The second-order valence-electron chi connectivity index (χ2n) is 4.13. The summed E-state index contributed by atoms with van der Waals surface area (Å²) in [7, 11) is 3.33. The molecule has 0 bridgehead atoms. The van der Waals surface area contributed by atoms with Crippen LogP contribution in [0.25, 0.3) is 0 Å². The molecular weight excluding hydrogens is 232 g/mol. The van der Waals surface area contributed by atoms with Crippen LogP contribution in [0.5, 0.6) is 0 Å². The number of aliphatic hydroxyl groups excluding tert-OH is 1. The van der Waals surface area contributed by atoms with E-state index in [4.69, 9.17) is 4.74 Å². The number of hydrogen-bond donors (Lipinski definition) is 3. The van der Waals surface area contributed by atoms with Crippen molar-refractivity contribution in [3.63, 3.8) is 0 Å². The number of nitrogens with one attached hydrogen (secondary N) is 2. The van der Waals surface area contributed by atoms with Crippen LogP contribution in [0.4, 0.5) is 5.69 Å². The number of anilines is 1. The standard InChI is InChI=1S/C13H20N2O3/c1-9(14-2)13(17)15-12-5-10(7-16)4-11(6-12)8-18-3/h4-6,9,14,16H,7-8H2,1-3H3,(H,15,17). The molecule has 0 aliphatic rings. The number of ether oxygens (including phenoxy) is 1. The zero-order chi connectivity index (χ0) is 13.5. The molecule has 18 heavy (non-hydrogen) atoms. The van der Waals surface area contributed by atoms with Crippen molar-refractivity contribution >= 4 is 11.6 Å². The summed E-state index contributed by atoms with van der Waals surface area (Å²) in [6.07, 6.45) is 0. The molecule has 1 aromatic rings. The number of likely N-dealkylation sites (N-methyl/N-ethyl adjacent to an activating group) is 1. The second-order valence-corrected chi connectivity index (χ2v) is 4.13. The summed E-state index contributed by atoms with van der Waals surface area (Å²) in [6.45, 7) is 2.15. The number of methoxy groups -OCH3 is 1. The van der Waals surface area contributed by atoms with E-state index in [1.807, 2.05) is 12.1 Å². The van der Waals surface area contributed by atoms with Crippen LogP contribution in [-0.4, -0.2) is 31.2 Å². The van der Waals surface area contributed by atoms with Crippen molar-refractivity contribution in [1.29, 1.82) is 0 Å². The number of carbonyl (C=O) groups is 1. The van der Waals surface area contributed by atoms with Gasteiger partial charge in [0.05, 0.1) is 19.3 Å². The Morgan fingerprint density at radius 1 is 1.39 bits per heavy atom. The molecule has 5 heteroatoms. The summed E-state index contributed by atoms with van der Waals surface area (Å²) >= 11 is 0. The van der Waals surface area contributed by atoms with Crippen LogP contribution in [0.2, 0.25) is 0 Å². The number of hydrogen-bond acceptors (Lipinski definition) is 4. The van der Waals surface area contributed by atoms with E-state index in [0.29, 0.717) is 12.3 Å². The molecule has 1 aromatic carbocycles. The van der Waals surface area contributed by atoms with Gasteiger partial charge in [0.1, 0.15) is 0 Å². The molecule has 0 heterocycles. The van der Waals surface area contributed by atoms with Crippen LogP contribution in [0, 0.1) is 0 Å². The highest BCUT2D eigenvalue weighted by atomic mass is 16.5. The summed E-state index contributed by atoms with van der Waals surface area (Å²) in [5, 5.41) is 14.8. The maximum Gasteiger partial charge on any atom is 0.241 e. The van der Waals surface area contributed by atoms with Crippen LogP contribution in [0.15, 0.2) is 18.2 Å². The van der Waals surface area contributed by atoms with Gasteiger partial charge in [-0.1, -0.05) is 6.07 Å². The quantitative estimate of drug-likeness (QED) is 0.702. The van der Waals surface area contributed by atoms with Crippen molar-refractivity contribution in [2.75, 3.05) is 19.5 Å². The fraction of sp³-hybridized carbons (Fsp3) is 0.462. The molecule has 5 nitrogen and oxygen atoms in total. The van der Waals surface area contributed by atoms with Crippen LogP contribution in [0.3, 0.4) is 0 Å². The molecule has 0 aliphatic carbocycles. The van der Waals surface area contributed by atoms with E-state index in [2.05, 4.69) is 10.6 Å². The van der Waals surface area contributed by atoms with E-state index in [0.717, 1.165) is 11.1 Å². The fourth-order valence-corrected chi connectivity index (χ4v) is 1.56. The highest BCUT2D eigenvalue weighted by molar-refractivity contribution is 5.94. The van der Waals surface area contributed by atoms with Gasteiger partial charge in [0.15, 0.2) is 0 Å². The molecule has 1 atom stereocenters. The molecule has 3 N–H and O–H groups in total. The monoisotopic (exact) mass is 252 g/mol. The molecule has 0 fully saturated rings. The lowest BCUT2D eigenvalue weighted by Crippen LogP contribution is -2.35. The maximum atomic E-state index is 11.7. The van der Waals surface area contributed by atoms with Crippen molar-refractivity contribution in [2.45, 2.75) is 26.2 Å². The SMILES string of the molecule is CNC(C)C(=O)Nc1cc(CO)cc(COC)c1. The third kappa shape index (κ3) is 4.10. The molecule has 100 valence electrons. The van der Waals surface area contributed by atoms with Crippen LogP contribution in [0.1, 0.15) is 18.1 Å². The van der Waals surface area contributed by atoms with Gasteiger partial charge in [-0.3, -0.25) is 4.79 Å². The van der Waals surface area contributed by atoms with Gasteiger partial charge in [-0.05, 0) is 37.2 Å². The van der Waals surface area contributed by atoms with E-state index >= 15 is 0 Å². The summed E-state index contributed by atoms with van der Waals surface area (Å²) in [5.74, 6) is -0.115. The Bertz CT molecular complexity index is 407. The minimum atomic E-state index is -0.270. The van der Waals surface area contributed by atoms with Crippen molar-refractivity contribution in [3.8, 4) is 0 Å². The Balaban J connectivity index is 2.87. The van der Waals surface area contributed by atoms with Crippen LogP contribution in [-0.2, 0) is 22.7 Å². The Kier molecular flexibility index (Phi) is 5.77. The largest absolute Gasteiger partial charge is 0.392 e. The molecule has 1 unspecified atom stereocenters. The van der Waals surface area contributed by atoms with E-state index in [1.165, 1.54) is 0 Å². The number of aliphatic hydroxyl groups is 1. The van der Waals surface area contributed by atoms with Gasteiger partial charge in [0, 0.05) is 12.8 Å². The third-order valence-corrected chi connectivity index (χ3v) is 2.64. The summed E-state index contributed by atoms with van der Waals surface area (Å²) in [5.41, 5.74) is 2.33. The molecule has 1 rings (SSSR count). The average molecular weight is 252 g/mol. The Hall–Kier alpha value is -1.43. The van der Waals surface area contributed by atoms with Gasteiger partial charge in [0.25, 0.3) is 0 Å². The summed E-state index contributed by atoms with van der Waals surface area (Å²) in [6, 6.07) is 5.16. The first-order valence-electron chi connectivity index (χ1n) is 5.81. The second kappa shape index (κ2) is 7.10. The first kappa shape index (κ1) is 14.6. The molecular formula is C13H20N2O3. The lowest BCUT2D eigenvalue weighted by Gasteiger charge is -2.13. The zero-order valence-corrected chi connectivity index (χ0v) is 11.0. The molecule has 1 amide bonds. The van der Waals surface area contributed by atoms with E-state index in [1.54, 1.807) is 27.1 Å². The van der Waals surface area contributed by atoms with Gasteiger partial charge >= 0.3 is 0 Å². The fourth-order valence-electron chi connectivity index (χ4n) is 1.56. The number of rotatable bonds is 6. The number of benzene rings is 1. The van der Waals surface area contributed by atoms with Crippen molar-refractivity contribution in [1.82, 2.24) is 5.32 Å². The van der Waals surface area contributed by atoms with E-state index in [-0.39, 0.29) is 18.6 Å². The predicted octanol–water partition coefficient (Wildman–Crippen LogP) is 0.872. The number of amides is 1. The Morgan fingerprint density at radius 2 is 2.06 bits per heavy atom. The first-order valence-corrected chi connectivity index (χ1v) is 5.81.